The van der Waals surface area contributed by atoms with Crippen molar-refractivity contribution in [2.24, 2.45) is 5.92 Å². The number of nitrogens with one attached hydrogen (secondary N) is 1. The van der Waals surface area contributed by atoms with E-state index in [0.29, 0.717) is 5.02 Å². The third-order valence-corrected chi connectivity index (χ3v) is 4.28. The summed E-state index contributed by atoms with van der Waals surface area (Å²) in [5.41, 5.74) is 0. The second kappa shape index (κ2) is 8.73. The van der Waals surface area contributed by atoms with Gasteiger partial charge in [0, 0.05) is 25.9 Å². The van der Waals surface area contributed by atoms with Crippen molar-refractivity contribution < 1.29 is 5.11 Å². The molecule has 2 rings (SSSR count). The molecule has 0 bridgehead atoms. The number of aliphatic hydroxyl groups is 1. The lowest BCUT2D eigenvalue weighted by atomic mass is 9.89. The Balaban J connectivity index is 0.000000771. The van der Waals surface area contributed by atoms with Gasteiger partial charge in [-0.2, -0.15) is 0 Å². The lowest BCUT2D eigenvalue weighted by Crippen LogP contribution is -2.17. The molecule has 0 atom stereocenters. The van der Waals surface area contributed by atoms with Gasteiger partial charge in [-0.3, -0.25) is 0 Å². The summed E-state index contributed by atoms with van der Waals surface area (Å²) in [4.78, 5) is 4.28. The highest BCUT2D eigenvalue weighted by molar-refractivity contribution is 9.10. The molecule has 1 aliphatic carbocycles. The molecular formula is C13H20BrClN2O. The summed E-state index contributed by atoms with van der Waals surface area (Å²) < 4.78 is 0.845. The number of pyridine rings is 1. The van der Waals surface area contributed by atoms with Gasteiger partial charge in [-0.15, -0.1) is 0 Å². The molecule has 1 aromatic heterocycles. The Labute approximate surface area is 122 Å². The summed E-state index contributed by atoms with van der Waals surface area (Å²) in [5, 5.41) is 11.1. The number of anilines is 1. The van der Waals surface area contributed by atoms with Crippen LogP contribution in [0.2, 0.25) is 5.02 Å². The van der Waals surface area contributed by atoms with Crippen molar-refractivity contribution >= 4 is 33.3 Å². The van der Waals surface area contributed by atoms with Gasteiger partial charge in [-0.1, -0.05) is 30.9 Å². The first-order chi connectivity index (χ1) is 8.75. The predicted molar refractivity (Wildman–Crippen MR) is 80.2 cm³/mol. The van der Waals surface area contributed by atoms with E-state index in [4.69, 9.17) is 16.7 Å². The van der Waals surface area contributed by atoms with Gasteiger partial charge in [0.2, 0.25) is 0 Å². The van der Waals surface area contributed by atoms with Crippen LogP contribution in [0.4, 0.5) is 5.82 Å². The summed E-state index contributed by atoms with van der Waals surface area (Å²) in [6.07, 6.45) is 8.58. The number of aliphatic hydroxyl groups excluding tert-OH is 1. The fourth-order valence-electron chi connectivity index (χ4n) is 2.15. The minimum Gasteiger partial charge on any atom is -0.400 e. The van der Waals surface area contributed by atoms with Gasteiger partial charge < -0.3 is 10.4 Å². The summed E-state index contributed by atoms with van der Waals surface area (Å²) in [6, 6.07) is 1.87. The molecule has 2 N–H and O–H groups in total. The average Bonchev–Trinajstić information content (AvgIpc) is 2.44. The largest absolute Gasteiger partial charge is 0.400 e. The summed E-state index contributed by atoms with van der Waals surface area (Å²) in [5.74, 6) is 1.68. The first-order valence-electron chi connectivity index (χ1n) is 6.25. The van der Waals surface area contributed by atoms with E-state index < -0.39 is 0 Å². The summed E-state index contributed by atoms with van der Waals surface area (Å²) >= 11 is 9.34. The van der Waals surface area contributed by atoms with Crippen molar-refractivity contribution in [1.82, 2.24) is 4.98 Å². The van der Waals surface area contributed by atoms with Crippen LogP contribution >= 0.6 is 27.5 Å². The monoisotopic (exact) mass is 334 g/mol. The van der Waals surface area contributed by atoms with Gasteiger partial charge in [-0.25, -0.2) is 4.98 Å². The molecule has 0 saturated heterocycles. The van der Waals surface area contributed by atoms with E-state index >= 15 is 0 Å². The number of halogens is 2. The zero-order chi connectivity index (χ0) is 13.4. The van der Waals surface area contributed by atoms with Crippen LogP contribution in [0.1, 0.15) is 32.1 Å². The first-order valence-corrected chi connectivity index (χ1v) is 7.42. The van der Waals surface area contributed by atoms with Crippen LogP contribution in [0, 0.1) is 5.92 Å². The van der Waals surface area contributed by atoms with Crippen molar-refractivity contribution in [1.29, 1.82) is 0 Å². The molecule has 1 saturated carbocycles. The minimum atomic E-state index is 0.709. The second-order valence-electron chi connectivity index (χ2n) is 4.37. The zero-order valence-electron chi connectivity index (χ0n) is 10.6. The lowest BCUT2D eigenvalue weighted by molar-refractivity contribution is 0.373. The first kappa shape index (κ1) is 15.7. The van der Waals surface area contributed by atoms with E-state index in [1.165, 1.54) is 32.1 Å². The summed E-state index contributed by atoms with van der Waals surface area (Å²) in [7, 11) is 1.00. The molecule has 0 spiro atoms. The Morgan fingerprint density at radius 3 is 2.67 bits per heavy atom. The molecular weight excluding hydrogens is 316 g/mol. The molecule has 18 heavy (non-hydrogen) atoms. The van der Waals surface area contributed by atoms with Gasteiger partial charge in [0.05, 0.1) is 9.50 Å². The Morgan fingerprint density at radius 1 is 1.39 bits per heavy atom. The van der Waals surface area contributed by atoms with E-state index in [1.807, 2.05) is 6.07 Å². The number of aromatic nitrogens is 1. The normalized spacial score (nSPS) is 15.8. The van der Waals surface area contributed by atoms with Crippen LogP contribution in [-0.2, 0) is 0 Å². The van der Waals surface area contributed by atoms with Crippen LogP contribution < -0.4 is 5.32 Å². The van der Waals surface area contributed by atoms with Crippen molar-refractivity contribution in [2.75, 3.05) is 19.0 Å². The third-order valence-electron chi connectivity index (χ3n) is 3.11. The summed E-state index contributed by atoms with van der Waals surface area (Å²) in [6.45, 7) is 1.02. The van der Waals surface area contributed by atoms with Gasteiger partial charge in [0.25, 0.3) is 0 Å². The Morgan fingerprint density at radius 2 is 2.06 bits per heavy atom. The van der Waals surface area contributed by atoms with Crippen molar-refractivity contribution in [3.63, 3.8) is 0 Å². The number of nitrogens with zero attached hydrogens (tertiary/aromatic N) is 1. The van der Waals surface area contributed by atoms with Gasteiger partial charge >= 0.3 is 0 Å². The minimum absolute atomic E-state index is 0.709. The smallest absolute Gasteiger partial charge is 0.127 e. The molecule has 1 aliphatic rings. The predicted octanol–water partition coefficient (Wildman–Crippen LogP) is 4.10. The molecule has 3 nitrogen and oxygen atoms in total. The molecule has 0 unspecified atom stereocenters. The lowest BCUT2D eigenvalue weighted by Gasteiger charge is -2.22. The molecule has 1 heterocycles. The SMILES string of the molecule is CO.Clc1cc(NCC2CCCCC2)ncc1Br. The van der Waals surface area contributed by atoms with Gasteiger partial charge in [0.15, 0.2) is 0 Å². The van der Waals surface area contributed by atoms with Crippen LogP contribution in [0.15, 0.2) is 16.7 Å². The van der Waals surface area contributed by atoms with Gasteiger partial charge in [-0.05, 0) is 34.7 Å². The quantitative estimate of drug-likeness (QED) is 0.874. The van der Waals surface area contributed by atoms with Gasteiger partial charge in [0.1, 0.15) is 5.82 Å². The second-order valence-corrected chi connectivity index (χ2v) is 5.63. The topological polar surface area (TPSA) is 45.1 Å². The van der Waals surface area contributed by atoms with E-state index in [1.54, 1.807) is 6.20 Å². The van der Waals surface area contributed by atoms with Crippen LogP contribution in [0.25, 0.3) is 0 Å². The van der Waals surface area contributed by atoms with E-state index in [2.05, 4.69) is 26.2 Å². The standard InChI is InChI=1S/C12H16BrClN2.CH4O/c13-10-8-16-12(6-11(10)14)15-7-9-4-2-1-3-5-9;1-2/h6,8-9H,1-5,7H2,(H,15,16);2H,1H3. The van der Waals surface area contributed by atoms with E-state index in [-0.39, 0.29) is 0 Å². The fraction of sp³-hybridized carbons (Fsp3) is 0.615. The van der Waals surface area contributed by atoms with Crippen LogP contribution in [0.3, 0.4) is 0 Å². The van der Waals surface area contributed by atoms with Crippen LogP contribution in [0.5, 0.6) is 0 Å². The number of hydrogen-bond donors (Lipinski definition) is 2. The maximum atomic E-state index is 7.00. The maximum Gasteiger partial charge on any atom is 0.127 e. The molecule has 5 heteroatoms. The molecule has 102 valence electrons. The Bertz CT molecular complexity index is 357. The highest BCUT2D eigenvalue weighted by atomic mass is 79.9. The number of hydrogen-bond acceptors (Lipinski definition) is 3. The highest BCUT2D eigenvalue weighted by Gasteiger charge is 2.13. The van der Waals surface area contributed by atoms with Crippen LogP contribution in [-0.4, -0.2) is 23.7 Å². The maximum absolute atomic E-state index is 7.00. The Kier molecular flexibility index (Phi) is 7.63. The molecule has 0 aromatic carbocycles. The Hall–Kier alpha value is -0.320. The zero-order valence-corrected chi connectivity index (χ0v) is 13.0. The van der Waals surface area contributed by atoms with E-state index in [0.717, 1.165) is 29.9 Å². The van der Waals surface area contributed by atoms with Crippen molar-refractivity contribution in [3.8, 4) is 0 Å². The van der Waals surface area contributed by atoms with E-state index in [9.17, 15) is 0 Å². The molecule has 0 aliphatic heterocycles. The molecule has 1 aromatic rings. The molecule has 1 fully saturated rings. The molecule has 0 radical (unpaired) electrons. The fourth-order valence-corrected chi connectivity index (χ4v) is 2.52. The average molecular weight is 336 g/mol. The van der Waals surface area contributed by atoms with Crippen molar-refractivity contribution in [3.05, 3.63) is 21.8 Å². The third kappa shape index (κ3) is 5.12. The van der Waals surface area contributed by atoms with Crippen molar-refractivity contribution in [2.45, 2.75) is 32.1 Å². The highest BCUT2D eigenvalue weighted by Crippen LogP contribution is 2.26. The molecule has 0 amide bonds. The number of rotatable bonds is 3.